The summed E-state index contributed by atoms with van der Waals surface area (Å²) in [5.41, 5.74) is 3.69. The number of benzene rings is 1. The van der Waals surface area contributed by atoms with Crippen LogP contribution in [0.3, 0.4) is 0 Å². The Labute approximate surface area is 118 Å². The molecule has 1 aromatic carbocycles. The summed E-state index contributed by atoms with van der Waals surface area (Å²) in [6, 6.07) is 11.0. The Kier molecular flexibility index (Phi) is 3.33. The number of hydrogen-bond acceptors (Lipinski definition) is 3. The zero-order chi connectivity index (χ0) is 13.4. The molecule has 3 rings (SSSR count). The van der Waals surface area contributed by atoms with Gasteiger partial charge >= 0.3 is 0 Å². The fraction of sp³-hybridized carbons (Fsp3) is 0.375. The molecule has 1 aromatic heterocycles. The van der Waals surface area contributed by atoms with Crippen LogP contribution in [0.25, 0.3) is 0 Å². The molecule has 0 amide bonds. The Morgan fingerprint density at radius 2 is 2.00 bits per heavy atom. The maximum Gasteiger partial charge on any atom is 0.0761 e. The highest BCUT2D eigenvalue weighted by molar-refractivity contribution is 7.10. The monoisotopic (exact) mass is 273 g/mol. The summed E-state index contributed by atoms with van der Waals surface area (Å²) in [4.78, 5) is 3.98. The minimum Gasteiger partial charge on any atom is -0.389 e. The van der Waals surface area contributed by atoms with Gasteiger partial charge in [0.15, 0.2) is 0 Å². The summed E-state index contributed by atoms with van der Waals surface area (Å²) in [5, 5.41) is 11.8. The van der Waals surface area contributed by atoms with Crippen molar-refractivity contribution in [1.82, 2.24) is 0 Å². The zero-order valence-corrected chi connectivity index (χ0v) is 12.2. The number of rotatable bonds is 2. The van der Waals surface area contributed by atoms with Crippen LogP contribution in [0.15, 0.2) is 35.7 Å². The Hall–Kier alpha value is -1.32. The van der Waals surface area contributed by atoms with E-state index in [2.05, 4.69) is 35.4 Å². The molecule has 19 heavy (non-hydrogen) atoms. The second-order valence-corrected chi connectivity index (χ2v) is 6.19. The van der Waals surface area contributed by atoms with Crippen molar-refractivity contribution in [3.05, 3.63) is 51.7 Å². The van der Waals surface area contributed by atoms with Crippen molar-refractivity contribution < 1.29 is 5.11 Å². The minimum absolute atomic E-state index is 0.392. The zero-order valence-electron chi connectivity index (χ0n) is 11.3. The number of nitrogens with zero attached hydrogens (tertiary/aromatic N) is 1. The van der Waals surface area contributed by atoms with Gasteiger partial charge in [-0.3, -0.25) is 0 Å². The molecule has 0 saturated carbocycles. The molecule has 2 aromatic rings. The molecule has 0 bridgehead atoms. The van der Waals surface area contributed by atoms with Gasteiger partial charge < -0.3 is 10.0 Å². The van der Waals surface area contributed by atoms with Gasteiger partial charge in [-0.05, 0) is 55.0 Å². The first-order chi connectivity index (χ1) is 9.16. The van der Waals surface area contributed by atoms with Gasteiger partial charge in [0.1, 0.15) is 0 Å². The smallest absolute Gasteiger partial charge is 0.0761 e. The first-order valence-electron chi connectivity index (χ1n) is 6.78. The summed E-state index contributed by atoms with van der Waals surface area (Å²) < 4.78 is 0. The second-order valence-electron chi connectivity index (χ2n) is 5.19. The molecule has 3 heteroatoms. The average Bonchev–Trinajstić information content (AvgIpc) is 2.88. The number of hydrogen-bond donors (Lipinski definition) is 1. The molecule has 2 atom stereocenters. The summed E-state index contributed by atoms with van der Waals surface area (Å²) in [5.74, 6) is 0. The van der Waals surface area contributed by atoms with Crippen LogP contribution in [0.2, 0.25) is 0 Å². The van der Waals surface area contributed by atoms with Crippen LogP contribution >= 0.6 is 11.3 Å². The maximum atomic E-state index is 9.57. The molecular weight excluding hydrogens is 254 g/mol. The van der Waals surface area contributed by atoms with Crippen LogP contribution in [0, 0.1) is 0 Å². The van der Waals surface area contributed by atoms with Gasteiger partial charge in [0, 0.05) is 17.1 Å². The molecule has 1 aliphatic rings. The van der Waals surface area contributed by atoms with Crippen molar-refractivity contribution in [2.45, 2.75) is 32.4 Å². The van der Waals surface area contributed by atoms with Crippen LogP contribution in [0.4, 0.5) is 5.69 Å². The van der Waals surface area contributed by atoms with E-state index >= 15 is 0 Å². The molecule has 0 aliphatic carbocycles. The predicted octanol–water partition coefficient (Wildman–Crippen LogP) is 3.93. The summed E-state index contributed by atoms with van der Waals surface area (Å²) in [6.07, 6.45) is 0.742. The number of thiophene rings is 1. The van der Waals surface area contributed by atoms with E-state index in [4.69, 9.17) is 0 Å². The van der Waals surface area contributed by atoms with E-state index < -0.39 is 6.10 Å². The molecule has 0 spiro atoms. The van der Waals surface area contributed by atoms with Crippen molar-refractivity contribution in [1.29, 1.82) is 0 Å². The van der Waals surface area contributed by atoms with Crippen LogP contribution in [-0.4, -0.2) is 11.7 Å². The lowest BCUT2D eigenvalue weighted by Gasteiger charge is -2.35. The minimum atomic E-state index is -0.392. The largest absolute Gasteiger partial charge is 0.389 e. The van der Waals surface area contributed by atoms with E-state index in [1.165, 1.54) is 16.1 Å². The van der Waals surface area contributed by atoms with Crippen LogP contribution < -0.4 is 4.90 Å². The Morgan fingerprint density at radius 1 is 1.26 bits per heavy atom. The van der Waals surface area contributed by atoms with Crippen LogP contribution in [-0.2, 0) is 6.42 Å². The van der Waals surface area contributed by atoms with Crippen molar-refractivity contribution in [2.75, 3.05) is 11.4 Å². The highest BCUT2D eigenvalue weighted by Gasteiger charge is 2.24. The van der Waals surface area contributed by atoms with E-state index in [0.29, 0.717) is 6.04 Å². The van der Waals surface area contributed by atoms with Crippen molar-refractivity contribution in [3.8, 4) is 0 Å². The lowest BCUT2D eigenvalue weighted by molar-refractivity contribution is 0.199. The molecule has 0 fully saturated rings. The summed E-state index contributed by atoms with van der Waals surface area (Å²) in [6.45, 7) is 5.14. The third-order valence-corrected chi connectivity index (χ3v) is 4.98. The normalized spacial score (nSPS) is 20.2. The lowest BCUT2D eigenvalue weighted by atomic mass is 10.00. The van der Waals surface area contributed by atoms with E-state index in [9.17, 15) is 5.11 Å². The standard InChI is InChI=1S/C16H19NOS/c1-11-15-8-10-19-16(15)7-9-17(11)14-5-3-13(4-6-14)12(2)18/h3-6,8,10-12,18H,7,9H2,1-2H3/t11?,12-/m1/s1. The first-order valence-corrected chi connectivity index (χ1v) is 7.65. The number of fused-ring (bicyclic) bond motifs is 1. The van der Waals surface area contributed by atoms with Gasteiger partial charge in [0.05, 0.1) is 12.1 Å². The fourth-order valence-corrected chi connectivity index (χ4v) is 3.77. The van der Waals surface area contributed by atoms with E-state index in [1.807, 2.05) is 23.5 Å². The molecule has 1 N–H and O–H groups in total. The summed E-state index contributed by atoms with van der Waals surface area (Å²) >= 11 is 1.87. The molecule has 0 radical (unpaired) electrons. The van der Waals surface area contributed by atoms with Crippen molar-refractivity contribution in [3.63, 3.8) is 0 Å². The molecule has 1 unspecified atom stereocenters. The topological polar surface area (TPSA) is 23.5 Å². The van der Waals surface area contributed by atoms with Gasteiger partial charge in [-0.15, -0.1) is 11.3 Å². The molecule has 2 nitrogen and oxygen atoms in total. The van der Waals surface area contributed by atoms with Gasteiger partial charge in [0.25, 0.3) is 0 Å². The third-order valence-electron chi connectivity index (χ3n) is 3.98. The highest BCUT2D eigenvalue weighted by Crippen LogP contribution is 2.36. The van der Waals surface area contributed by atoms with E-state index in [0.717, 1.165) is 18.5 Å². The Morgan fingerprint density at radius 3 is 2.68 bits per heavy atom. The number of aliphatic hydroxyl groups is 1. The van der Waals surface area contributed by atoms with Gasteiger partial charge in [-0.2, -0.15) is 0 Å². The Balaban J connectivity index is 1.87. The van der Waals surface area contributed by atoms with Crippen molar-refractivity contribution >= 4 is 17.0 Å². The summed E-state index contributed by atoms with van der Waals surface area (Å²) in [7, 11) is 0. The van der Waals surface area contributed by atoms with Crippen molar-refractivity contribution in [2.24, 2.45) is 0 Å². The van der Waals surface area contributed by atoms with Crippen LogP contribution in [0.5, 0.6) is 0 Å². The lowest BCUT2D eigenvalue weighted by Crippen LogP contribution is -2.33. The van der Waals surface area contributed by atoms with E-state index in [-0.39, 0.29) is 0 Å². The molecule has 1 aliphatic heterocycles. The SMILES string of the molecule is CC1c2ccsc2CCN1c1ccc([C@@H](C)O)cc1. The molecular formula is C16H19NOS. The van der Waals surface area contributed by atoms with Gasteiger partial charge in [0.2, 0.25) is 0 Å². The average molecular weight is 273 g/mol. The molecule has 2 heterocycles. The van der Waals surface area contributed by atoms with Gasteiger partial charge in [-0.25, -0.2) is 0 Å². The number of anilines is 1. The van der Waals surface area contributed by atoms with E-state index in [1.54, 1.807) is 6.92 Å². The molecule has 100 valence electrons. The maximum absolute atomic E-state index is 9.57. The van der Waals surface area contributed by atoms with Crippen LogP contribution in [0.1, 0.15) is 42.0 Å². The van der Waals surface area contributed by atoms with Gasteiger partial charge in [-0.1, -0.05) is 12.1 Å². The molecule has 0 saturated heterocycles. The predicted molar refractivity (Wildman–Crippen MR) is 80.9 cm³/mol. The number of aliphatic hydroxyl groups excluding tert-OH is 1. The Bertz CT molecular complexity index is 558. The fourth-order valence-electron chi connectivity index (χ4n) is 2.81. The second kappa shape index (κ2) is 4.99. The highest BCUT2D eigenvalue weighted by atomic mass is 32.1. The first kappa shape index (κ1) is 12.7. The third kappa shape index (κ3) is 2.28. The quantitative estimate of drug-likeness (QED) is 0.896.